The van der Waals surface area contributed by atoms with Crippen molar-refractivity contribution in [3.63, 3.8) is 0 Å². The van der Waals surface area contributed by atoms with Crippen molar-refractivity contribution in [3.8, 4) is 16.9 Å². The van der Waals surface area contributed by atoms with Crippen molar-refractivity contribution in [3.05, 3.63) is 64.5 Å². The van der Waals surface area contributed by atoms with E-state index in [0.29, 0.717) is 12.3 Å². The van der Waals surface area contributed by atoms with Crippen LogP contribution < -0.4 is 20.2 Å². The second kappa shape index (κ2) is 7.99. The monoisotopic (exact) mass is 394 g/mol. The Bertz CT molecular complexity index is 1060. The van der Waals surface area contributed by atoms with Crippen LogP contribution in [0.4, 0.5) is 0 Å². The fourth-order valence-corrected chi connectivity index (χ4v) is 4.33. The molecule has 2 aromatic carbocycles. The van der Waals surface area contributed by atoms with Gasteiger partial charge in [-0.25, -0.2) is 4.79 Å². The van der Waals surface area contributed by atoms with E-state index >= 15 is 0 Å². The molecule has 3 aromatic rings. The van der Waals surface area contributed by atoms with Crippen LogP contribution in [0.3, 0.4) is 0 Å². The Balaban J connectivity index is 1.46. The zero-order valence-electron chi connectivity index (χ0n) is 16.4. The van der Waals surface area contributed by atoms with Gasteiger partial charge in [0.1, 0.15) is 38.5 Å². The summed E-state index contributed by atoms with van der Waals surface area (Å²) in [5, 5.41) is 0.957. The first-order chi connectivity index (χ1) is 14.3. The number of ether oxygens (including phenoxy) is 2. The van der Waals surface area contributed by atoms with Crippen molar-refractivity contribution < 1.29 is 23.7 Å². The molecule has 0 spiro atoms. The molecule has 29 heavy (non-hydrogen) atoms. The van der Waals surface area contributed by atoms with E-state index in [1.54, 1.807) is 11.0 Å². The molecule has 1 fully saturated rings. The number of quaternary nitrogens is 2. The lowest BCUT2D eigenvalue weighted by Gasteiger charge is -2.29. The van der Waals surface area contributed by atoms with Crippen LogP contribution in [0.1, 0.15) is 5.56 Å². The Morgan fingerprint density at radius 3 is 2.55 bits per heavy atom. The molecule has 0 amide bonds. The third kappa shape index (κ3) is 3.79. The van der Waals surface area contributed by atoms with Crippen LogP contribution in [0.15, 0.2) is 57.7 Å². The second-order valence-electron chi connectivity index (χ2n) is 7.84. The number of hydrogen-bond donors (Lipinski definition) is 2. The van der Waals surface area contributed by atoms with Gasteiger partial charge in [0.25, 0.3) is 0 Å². The standard InChI is InChI=1S/C23H24N2O4/c26-22-14-19(17-4-2-1-3-5-17)18-6-7-21-20(23(18)29-22)15-25(16-28-21)9-8-24-10-12-27-13-11-24/h1-7,14H,8-13,15-16H2/p+2. The van der Waals surface area contributed by atoms with Gasteiger partial charge in [0.2, 0.25) is 6.73 Å². The van der Waals surface area contributed by atoms with Crippen LogP contribution in [-0.4, -0.2) is 46.1 Å². The van der Waals surface area contributed by atoms with Crippen molar-refractivity contribution in [2.75, 3.05) is 46.1 Å². The molecule has 5 rings (SSSR count). The van der Waals surface area contributed by atoms with Gasteiger partial charge in [0, 0.05) is 11.5 Å². The molecule has 0 bridgehead atoms. The first-order valence-electron chi connectivity index (χ1n) is 10.3. The van der Waals surface area contributed by atoms with Gasteiger partial charge in [-0.15, -0.1) is 0 Å². The van der Waals surface area contributed by atoms with Crippen LogP contribution in [0.2, 0.25) is 0 Å². The molecular formula is C23H26N2O4+2. The molecule has 1 aromatic heterocycles. The SMILES string of the molecule is O=c1cc(-c2ccccc2)c2ccc3c(c2o1)C[NH+](CC[NH+]1CCOCC1)CO3. The van der Waals surface area contributed by atoms with Gasteiger partial charge in [-0.1, -0.05) is 30.3 Å². The van der Waals surface area contributed by atoms with Crippen LogP contribution >= 0.6 is 0 Å². The van der Waals surface area contributed by atoms with Crippen LogP contribution in [-0.2, 0) is 11.3 Å². The summed E-state index contributed by atoms with van der Waals surface area (Å²) in [5.41, 5.74) is 3.25. The van der Waals surface area contributed by atoms with Crippen molar-refractivity contribution >= 4 is 11.0 Å². The molecule has 1 saturated heterocycles. The van der Waals surface area contributed by atoms with Crippen molar-refractivity contribution in [1.82, 2.24) is 0 Å². The zero-order chi connectivity index (χ0) is 19.6. The van der Waals surface area contributed by atoms with Crippen molar-refractivity contribution in [1.29, 1.82) is 0 Å². The largest absolute Gasteiger partial charge is 0.445 e. The maximum absolute atomic E-state index is 12.3. The number of rotatable bonds is 4. The van der Waals surface area contributed by atoms with E-state index in [9.17, 15) is 4.79 Å². The summed E-state index contributed by atoms with van der Waals surface area (Å²) < 4.78 is 17.2. The van der Waals surface area contributed by atoms with Crippen molar-refractivity contribution in [2.24, 2.45) is 0 Å². The second-order valence-corrected chi connectivity index (χ2v) is 7.84. The molecule has 1 unspecified atom stereocenters. The maximum atomic E-state index is 12.3. The lowest BCUT2D eigenvalue weighted by atomic mass is 9.99. The van der Waals surface area contributed by atoms with Gasteiger partial charge in [0.05, 0.1) is 18.8 Å². The summed E-state index contributed by atoms with van der Waals surface area (Å²) in [6, 6.07) is 15.6. The van der Waals surface area contributed by atoms with Gasteiger partial charge in [-0.05, 0) is 23.3 Å². The number of morpholine rings is 1. The Labute approximate surface area is 169 Å². The molecule has 0 saturated carbocycles. The summed E-state index contributed by atoms with van der Waals surface area (Å²) >= 11 is 0. The highest BCUT2D eigenvalue weighted by molar-refractivity contribution is 5.95. The minimum absolute atomic E-state index is 0.324. The molecule has 2 aliphatic heterocycles. The normalized spacial score (nSPS) is 19.7. The molecule has 0 aliphatic carbocycles. The van der Waals surface area contributed by atoms with E-state index < -0.39 is 0 Å². The quantitative estimate of drug-likeness (QED) is 0.617. The van der Waals surface area contributed by atoms with E-state index in [2.05, 4.69) is 0 Å². The number of hydrogen-bond acceptors (Lipinski definition) is 4. The van der Waals surface area contributed by atoms with Gasteiger partial charge in [-0.3, -0.25) is 4.90 Å². The molecule has 3 heterocycles. The van der Waals surface area contributed by atoms with Crippen LogP contribution in [0.25, 0.3) is 22.1 Å². The van der Waals surface area contributed by atoms with Gasteiger partial charge in [-0.2, -0.15) is 0 Å². The predicted octanol–water partition coefficient (Wildman–Crippen LogP) is 0.110. The first-order valence-corrected chi connectivity index (χ1v) is 10.3. The lowest BCUT2D eigenvalue weighted by molar-refractivity contribution is -0.977. The maximum Gasteiger partial charge on any atom is 0.336 e. The average molecular weight is 394 g/mol. The summed E-state index contributed by atoms with van der Waals surface area (Å²) in [6.45, 7) is 7.41. The third-order valence-electron chi connectivity index (χ3n) is 5.95. The Hall–Kier alpha value is -2.67. The van der Waals surface area contributed by atoms with Gasteiger partial charge >= 0.3 is 5.63 Å². The highest BCUT2D eigenvalue weighted by atomic mass is 16.5. The molecule has 2 aliphatic rings. The minimum atomic E-state index is -0.324. The van der Waals surface area contributed by atoms with E-state index in [4.69, 9.17) is 13.9 Å². The number of benzene rings is 2. The minimum Gasteiger partial charge on any atom is -0.445 e. The van der Waals surface area contributed by atoms with E-state index in [-0.39, 0.29) is 5.63 Å². The molecule has 2 N–H and O–H groups in total. The molecule has 0 radical (unpaired) electrons. The van der Waals surface area contributed by atoms with E-state index in [1.807, 2.05) is 42.5 Å². The first kappa shape index (κ1) is 18.4. The highest BCUT2D eigenvalue weighted by Gasteiger charge is 2.26. The summed E-state index contributed by atoms with van der Waals surface area (Å²) in [7, 11) is 0. The summed E-state index contributed by atoms with van der Waals surface area (Å²) in [4.78, 5) is 15.3. The van der Waals surface area contributed by atoms with Crippen LogP contribution in [0, 0.1) is 0 Å². The van der Waals surface area contributed by atoms with E-state index in [1.165, 1.54) is 4.90 Å². The molecule has 6 heteroatoms. The Kier molecular flexibility index (Phi) is 5.06. The van der Waals surface area contributed by atoms with Gasteiger partial charge in [0.15, 0.2) is 5.58 Å². The van der Waals surface area contributed by atoms with Gasteiger partial charge < -0.3 is 18.8 Å². The lowest BCUT2D eigenvalue weighted by Crippen LogP contribution is -3.21. The zero-order valence-corrected chi connectivity index (χ0v) is 16.4. The van der Waals surface area contributed by atoms with Crippen molar-refractivity contribution in [2.45, 2.75) is 6.54 Å². The summed E-state index contributed by atoms with van der Waals surface area (Å²) in [5.74, 6) is 0.827. The van der Waals surface area contributed by atoms with Crippen LogP contribution in [0.5, 0.6) is 5.75 Å². The fraction of sp³-hybridized carbons (Fsp3) is 0.348. The smallest absolute Gasteiger partial charge is 0.336 e. The predicted molar refractivity (Wildman–Crippen MR) is 109 cm³/mol. The fourth-order valence-electron chi connectivity index (χ4n) is 4.33. The third-order valence-corrected chi connectivity index (χ3v) is 5.95. The molecule has 150 valence electrons. The average Bonchev–Trinajstić information content (AvgIpc) is 2.78. The number of nitrogens with one attached hydrogen (secondary N) is 2. The Morgan fingerprint density at radius 1 is 0.931 bits per heavy atom. The Morgan fingerprint density at radius 2 is 1.72 bits per heavy atom. The van der Waals surface area contributed by atoms with E-state index in [0.717, 1.165) is 73.8 Å². The number of fused-ring (bicyclic) bond motifs is 3. The molecule has 1 atom stereocenters. The molecule has 6 nitrogen and oxygen atoms in total. The molecular weight excluding hydrogens is 368 g/mol. The summed E-state index contributed by atoms with van der Waals surface area (Å²) in [6.07, 6.45) is 0. The highest BCUT2D eigenvalue weighted by Crippen LogP contribution is 2.33. The topological polar surface area (TPSA) is 57.5 Å².